The summed E-state index contributed by atoms with van der Waals surface area (Å²) >= 11 is 1.89. The number of thioether (sulfide) groups is 1. The van der Waals surface area contributed by atoms with Gasteiger partial charge >= 0.3 is 0 Å². The minimum Gasteiger partial charge on any atom is -0.1000 e. The average Bonchev–Trinajstić information content (AvgIpc) is 1.80. The summed E-state index contributed by atoms with van der Waals surface area (Å²) in [5.41, 5.74) is 1.52. The molecule has 1 aliphatic heterocycles. The van der Waals surface area contributed by atoms with Gasteiger partial charge in [-0.1, -0.05) is 23.4 Å². The topological polar surface area (TPSA) is 0 Å². The Bertz CT molecular complexity index is 175. The van der Waals surface area contributed by atoms with Gasteiger partial charge in [-0.15, -0.1) is 0 Å². The van der Waals surface area contributed by atoms with E-state index in [1.807, 2.05) is 11.8 Å². The molecule has 0 bridgehead atoms. The third-order valence-corrected chi connectivity index (χ3v) is 2.75. The van der Waals surface area contributed by atoms with Gasteiger partial charge in [-0.05, 0) is 37.0 Å². The van der Waals surface area contributed by atoms with Gasteiger partial charge in [0.2, 0.25) is 0 Å². The molecule has 0 saturated heterocycles. The molecule has 1 rings (SSSR count). The Labute approximate surface area is 61.0 Å². The predicted molar refractivity (Wildman–Crippen MR) is 44.3 cm³/mol. The lowest BCUT2D eigenvalue weighted by Crippen LogP contribution is -1.85. The summed E-state index contributed by atoms with van der Waals surface area (Å²) in [7, 11) is 0. The van der Waals surface area contributed by atoms with Crippen LogP contribution >= 0.6 is 11.8 Å². The largest absolute Gasteiger partial charge is 0.1000 e. The molecule has 0 N–H and O–H groups in total. The number of allylic oxidation sites excluding steroid dienone is 4. The van der Waals surface area contributed by atoms with Crippen LogP contribution in [0.15, 0.2) is 21.5 Å². The van der Waals surface area contributed by atoms with Gasteiger partial charge in [0.1, 0.15) is 0 Å². The van der Waals surface area contributed by atoms with Crippen LogP contribution in [-0.2, 0) is 0 Å². The number of rotatable bonds is 0. The lowest BCUT2D eigenvalue weighted by Gasteiger charge is -2.11. The van der Waals surface area contributed by atoms with E-state index in [1.165, 1.54) is 15.4 Å². The molecule has 0 aromatic heterocycles. The molecule has 9 heavy (non-hydrogen) atoms. The summed E-state index contributed by atoms with van der Waals surface area (Å²) in [4.78, 5) is 2.92. The quantitative estimate of drug-likeness (QED) is 0.497. The van der Waals surface area contributed by atoms with Gasteiger partial charge in [-0.3, -0.25) is 0 Å². The minimum atomic E-state index is 1.16. The molecular formula is C8H12S. The average molecular weight is 140 g/mol. The predicted octanol–water partition coefficient (Wildman–Crippen LogP) is 3.32. The van der Waals surface area contributed by atoms with E-state index >= 15 is 0 Å². The summed E-state index contributed by atoms with van der Waals surface area (Å²) < 4.78 is 0. The van der Waals surface area contributed by atoms with Crippen LogP contribution in [0.5, 0.6) is 0 Å². The molecule has 0 saturated carbocycles. The molecule has 0 nitrogen and oxygen atoms in total. The van der Waals surface area contributed by atoms with Crippen molar-refractivity contribution in [3.05, 3.63) is 21.5 Å². The van der Waals surface area contributed by atoms with Crippen LogP contribution in [0.2, 0.25) is 0 Å². The van der Waals surface area contributed by atoms with Crippen LogP contribution in [0, 0.1) is 0 Å². The lowest BCUT2D eigenvalue weighted by molar-refractivity contribution is 1.17. The van der Waals surface area contributed by atoms with E-state index in [0.717, 1.165) is 6.42 Å². The highest BCUT2D eigenvalue weighted by Gasteiger charge is 2.03. The van der Waals surface area contributed by atoms with E-state index < -0.39 is 0 Å². The maximum atomic E-state index is 2.28. The van der Waals surface area contributed by atoms with Crippen LogP contribution < -0.4 is 0 Å². The Morgan fingerprint density at radius 3 is 2.44 bits per heavy atom. The zero-order valence-electron chi connectivity index (χ0n) is 6.19. The molecule has 1 aliphatic rings. The Kier molecular flexibility index (Phi) is 2.01. The molecule has 0 atom stereocenters. The molecule has 0 spiro atoms. The van der Waals surface area contributed by atoms with Crippen molar-refractivity contribution in [2.24, 2.45) is 0 Å². The molecular weight excluding hydrogens is 128 g/mol. The van der Waals surface area contributed by atoms with Crippen molar-refractivity contribution < 1.29 is 0 Å². The molecule has 0 radical (unpaired) electrons. The van der Waals surface area contributed by atoms with E-state index in [0.29, 0.717) is 0 Å². The highest BCUT2D eigenvalue weighted by molar-refractivity contribution is 8.06. The second-order valence-electron chi connectivity index (χ2n) is 2.46. The van der Waals surface area contributed by atoms with E-state index in [4.69, 9.17) is 0 Å². The molecule has 0 unspecified atom stereocenters. The summed E-state index contributed by atoms with van der Waals surface area (Å²) in [5.74, 6) is 0. The monoisotopic (exact) mass is 140 g/mol. The Hall–Kier alpha value is -0.170. The van der Waals surface area contributed by atoms with Crippen molar-refractivity contribution in [1.82, 2.24) is 0 Å². The molecule has 50 valence electrons. The summed E-state index contributed by atoms with van der Waals surface area (Å²) in [6, 6.07) is 0. The van der Waals surface area contributed by atoms with Crippen LogP contribution in [0.3, 0.4) is 0 Å². The molecule has 1 heterocycles. The summed E-state index contributed by atoms with van der Waals surface area (Å²) in [6.07, 6.45) is 3.44. The first-order valence-corrected chi connectivity index (χ1v) is 4.03. The second kappa shape index (κ2) is 2.61. The summed E-state index contributed by atoms with van der Waals surface area (Å²) in [5, 5.41) is 0. The molecule has 0 fully saturated rings. The molecule has 1 heteroatoms. The SMILES string of the molecule is CC1=CCC(C)=C(C)S1. The van der Waals surface area contributed by atoms with Crippen molar-refractivity contribution >= 4 is 11.8 Å². The first-order valence-electron chi connectivity index (χ1n) is 3.21. The summed E-state index contributed by atoms with van der Waals surface area (Å²) in [6.45, 7) is 6.56. The van der Waals surface area contributed by atoms with Crippen molar-refractivity contribution in [1.29, 1.82) is 0 Å². The van der Waals surface area contributed by atoms with Crippen LogP contribution in [0.25, 0.3) is 0 Å². The normalized spacial score (nSPS) is 20.1. The van der Waals surface area contributed by atoms with Crippen molar-refractivity contribution in [3.63, 3.8) is 0 Å². The third-order valence-electron chi connectivity index (χ3n) is 1.61. The lowest BCUT2D eigenvalue weighted by atomic mass is 10.2. The Morgan fingerprint density at radius 1 is 1.33 bits per heavy atom. The van der Waals surface area contributed by atoms with Crippen molar-refractivity contribution in [2.75, 3.05) is 0 Å². The zero-order chi connectivity index (χ0) is 6.85. The van der Waals surface area contributed by atoms with Gasteiger partial charge in [0, 0.05) is 0 Å². The molecule has 0 aliphatic carbocycles. The van der Waals surface area contributed by atoms with Crippen LogP contribution in [0.4, 0.5) is 0 Å². The fourth-order valence-corrected chi connectivity index (χ4v) is 1.72. The number of hydrogen-bond donors (Lipinski definition) is 0. The van der Waals surface area contributed by atoms with E-state index in [1.54, 1.807) is 0 Å². The maximum absolute atomic E-state index is 2.28. The van der Waals surface area contributed by atoms with Gasteiger partial charge in [0.15, 0.2) is 0 Å². The van der Waals surface area contributed by atoms with Gasteiger partial charge in [-0.25, -0.2) is 0 Å². The Balaban J connectivity index is 2.70. The molecule has 0 aromatic carbocycles. The first kappa shape index (κ1) is 6.94. The second-order valence-corrected chi connectivity index (χ2v) is 3.92. The fourth-order valence-electron chi connectivity index (χ4n) is 0.811. The van der Waals surface area contributed by atoms with Gasteiger partial charge < -0.3 is 0 Å². The van der Waals surface area contributed by atoms with E-state index in [2.05, 4.69) is 26.8 Å². The van der Waals surface area contributed by atoms with Gasteiger partial charge in [0.05, 0.1) is 0 Å². The fraction of sp³-hybridized carbons (Fsp3) is 0.500. The molecule has 0 aromatic rings. The minimum absolute atomic E-state index is 1.16. The van der Waals surface area contributed by atoms with Crippen LogP contribution in [0.1, 0.15) is 27.2 Å². The molecule has 0 amide bonds. The highest BCUT2D eigenvalue weighted by atomic mass is 32.2. The van der Waals surface area contributed by atoms with Crippen molar-refractivity contribution in [2.45, 2.75) is 27.2 Å². The van der Waals surface area contributed by atoms with E-state index in [9.17, 15) is 0 Å². The standard InChI is InChI=1S/C8H12S/c1-6-4-5-7(2)9-8(6)3/h5H,4H2,1-3H3. The van der Waals surface area contributed by atoms with Gasteiger partial charge in [-0.2, -0.15) is 0 Å². The highest BCUT2D eigenvalue weighted by Crippen LogP contribution is 2.32. The van der Waals surface area contributed by atoms with E-state index in [-0.39, 0.29) is 0 Å². The van der Waals surface area contributed by atoms with Crippen LogP contribution in [-0.4, -0.2) is 0 Å². The zero-order valence-corrected chi connectivity index (χ0v) is 7.01. The van der Waals surface area contributed by atoms with Crippen molar-refractivity contribution in [3.8, 4) is 0 Å². The maximum Gasteiger partial charge on any atom is -0.0120 e. The van der Waals surface area contributed by atoms with Gasteiger partial charge in [0.25, 0.3) is 0 Å². The third kappa shape index (κ3) is 1.62. The smallest absolute Gasteiger partial charge is 0.0120 e. The number of hydrogen-bond acceptors (Lipinski definition) is 1. The first-order chi connectivity index (χ1) is 4.20. The Morgan fingerprint density at radius 2 is 2.00 bits per heavy atom.